The Bertz CT molecular complexity index is 1010. The van der Waals surface area contributed by atoms with E-state index < -0.39 is 15.9 Å². The molecule has 7 nitrogen and oxygen atoms in total. The lowest BCUT2D eigenvalue weighted by Gasteiger charge is -2.29. The van der Waals surface area contributed by atoms with Crippen molar-refractivity contribution in [3.8, 4) is 11.5 Å². The van der Waals surface area contributed by atoms with E-state index in [-0.39, 0.29) is 16.6 Å². The first kappa shape index (κ1) is 23.1. The topological polar surface area (TPSA) is 84.9 Å². The average Bonchev–Trinajstić information content (AvgIpc) is 2.74. The highest BCUT2D eigenvalue weighted by atomic mass is 32.2. The van der Waals surface area contributed by atoms with E-state index in [4.69, 9.17) is 9.47 Å². The van der Waals surface area contributed by atoms with Crippen molar-refractivity contribution < 1.29 is 22.7 Å². The van der Waals surface area contributed by atoms with E-state index in [0.29, 0.717) is 36.2 Å². The van der Waals surface area contributed by atoms with Crippen LogP contribution >= 0.6 is 0 Å². The maximum absolute atomic E-state index is 13.1. The number of sulfonamides is 1. The molecule has 0 bridgehead atoms. The maximum atomic E-state index is 13.1. The minimum Gasteiger partial charge on any atom is -0.496 e. The molecule has 168 valence electrons. The summed E-state index contributed by atoms with van der Waals surface area (Å²) in [6.07, 6.45) is 1.72. The van der Waals surface area contributed by atoms with E-state index >= 15 is 0 Å². The van der Waals surface area contributed by atoms with Gasteiger partial charge in [-0.25, -0.2) is 8.42 Å². The Hall–Kier alpha value is -2.58. The van der Waals surface area contributed by atoms with Gasteiger partial charge < -0.3 is 14.8 Å². The molecule has 31 heavy (non-hydrogen) atoms. The van der Waals surface area contributed by atoms with Crippen LogP contribution in [0.1, 0.15) is 44.0 Å². The smallest absolute Gasteiger partial charge is 0.259 e. The molecule has 0 atom stereocenters. The predicted octanol–water partition coefficient (Wildman–Crippen LogP) is 4.16. The monoisotopic (exact) mass is 446 g/mol. The van der Waals surface area contributed by atoms with Gasteiger partial charge in [-0.3, -0.25) is 4.79 Å². The molecule has 1 saturated heterocycles. The highest BCUT2D eigenvalue weighted by Gasteiger charge is 2.29. The molecule has 0 spiro atoms. The standard InChI is InChI=1S/C23H30N2O5S/c1-16(2)30-19-7-5-18(6-8-19)24-23(26)21-15-20(9-10-22(21)29-4)31(27,28)25-13-11-17(3)12-14-25/h5-10,15-17H,11-14H2,1-4H3,(H,24,26). The van der Waals surface area contributed by atoms with Crippen LogP contribution in [0, 0.1) is 5.92 Å². The molecule has 1 aliphatic rings. The van der Waals surface area contributed by atoms with Gasteiger partial charge in [0.1, 0.15) is 11.5 Å². The Morgan fingerprint density at radius 2 is 1.74 bits per heavy atom. The van der Waals surface area contributed by atoms with Gasteiger partial charge in [-0.1, -0.05) is 6.92 Å². The molecule has 0 radical (unpaired) electrons. The number of amides is 1. The average molecular weight is 447 g/mol. The number of hydrogen-bond acceptors (Lipinski definition) is 5. The molecule has 0 aliphatic carbocycles. The zero-order valence-electron chi connectivity index (χ0n) is 18.4. The van der Waals surface area contributed by atoms with Crippen LogP contribution in [-0.2, 0) is 10.0 Å². The van der Waals surface area contributed by atoms with E-state index in [2.05, 4.69) is 12.2 Å². The molecule has 1 N–H and O–H groups in total. The number of carbonyl (C=O) groups excluding carboxylic acids is 1. The van der Waals surface area contributed by atoms with Crippen molar-refractivity contribution in [2.24, 2.45) is 5.92 Å². The number of piperidine rings is 1. The Kier molecular flexibility index (Phi) is 7.23. The largest absolute Gasteiger partial charge is 0.496 e. The number of nitrogens with zero attached hydrogens (tertiary/aromatic N) is 1. The SMILES string of the molecule is COc1ccc(S(=O)(=O)N2CCC(C)CC2)cc1C(=O)Nc1ccc(OC(C)C)cc1. The van der Waals surface area contributed by atoms with Crippen LogP contribution in [0.5, 0.6) is 11.5 Å². The molecular weight excluding hydrogens is 416 g/mol. The summed E-state index contributed by atoms with van der Waals surface area (Å²) < 4.78 is 38.6. The minimum absolute atomic E-state index is 0.0532. The lowest BCUT2D eigenvalue weighted by atomic mass is 10.0. The molecule has 0 saturated carbocycles. The number of methoxy groups -OCH3 is 1. The Morgan fingerprint density at radius 1 is 1.10 bits per heavy atom. The summed E-state index contributed by atoms with van der Waals surface area (Å²) in [4.78, 5) is 13.0. The van der Waals surface area contributed by atoms with Gasteiger partial charge in [0.15, 0.2) is 0 Å². The van der Waals surface area contributed by atoms with Gasteiger partial charge in [-0.05, 0) is 75.1 Å². The normalized spacial score (nSPS) is 15.6. The van der Waals surface area contributed by atoms with Crippen LogP contribution in [0.25, 0.3) is 0 Å². The number of carbonyl (C=O) groups is 1. The first-order chi connectivity index (χ1) is 14.7. The van der Waals surface area contributed by atoms with Crippen molar-refractivity contribution in [2.45, 2.75) is 44.6 Å². The van der Waals surface area contributed by atoms with Crippen LogP contribution in [0.15, 0.2) is 47.4 Å². The van der Waals surface area contributed by atoms with E-state index in [1.807, 2.05) is 13.8 Å². The fraction of sp³-hybridized carbons (Fsp3) is 0.435. The molecule has 1 fully saturated rings. The van der Waals surface area contributed by atoms with E-state index in [1.54, 1.807) is 24.3 Å². The fourth-order valence-electron chi connectivity index (χ4n) is 3.49. The molecule has 2 aromatic rings. The van der Waals surface area contributed by atoms with Gasteiger partial charge in [0, 0.05) is 18.8 Å². The summed E-state index contributed by atoms with van der Waals surface area (Å²) in [6, 6.07) is 11.4. The number of rotatable bonds is 7. The lowest BCUT2D eigenvalue weighted by molar-refractivity contribution is 0.102. The quantitative estimate of drug-likeness (QED) is 0.690. The third kappa shape index (κ3) is 5.57. The van der Waals surface area contributed by atoms with Gasteiger partial charge in [0.05, 0.1) is 23.7 Å². The molecule has 1 heterocycles. The molecule has 2 aromatic carbocycles. The lowest BCUT2D eigenvalue weighted by Crippen LogP contribution is -2.37. The van der Waals surface area contributed by atoms with Crippen LogP contribution in [0.3, 0.4) is 0 Å². The van der Waals surface area contributed by atoms with Crippen molar-refractivity contribution in [2.75, 3.05) is 25.5 Å². The highest BCUT2D eigenvalue weighted by molar-refractivity contribution is 7.89. The first-order valence-corrected chi connectivity index (χ1v) is 11.9. The van der Waals surface area contributed by atoms with Crippen molar-refractivity contribution in [3.05, 3.63) is 48.0 Å². The van der Waals surface area contributed by atoms with Gasteiger partial charge in [0.25, 0.3) is 5.91 Å². The Labute approximate surface area is 184 Å². The second-order valence-corrected chi connectivity index (χ2v) is 10.0. The van der Waals surface area contributed by atoms with E-state index in [9.17, 15) is 13.2 Å². The summed E-state index contributed by atoms with van der Waals surface area (Å²) in [6.45, 7) is 6.98. The Balaban J connectivity index is 1.82. The second kappa shape index (κ2) is 9.70. The molecule has 1 amide bonds. The van der Waals surface area contributed by atoms with Crippen LogP contribution in [0.2, 0.25) is 0 Å². The number of benzene rings is 2. The summed E-state index contributed by atoms with van der Waals surface area (Å²) in [5.41, 5.74) is 0.734. The highest BCUT2D eigenvalue weighted by Crippen LogP contribution is 2.28. The van der Waals surface area contributed by atoms with Crippen molar-refractivity contribution >= 4 is 21.6 Å². The summed E-state index contributed by atoms with van der Waals surface area (Å²) in [5.74, 6) is 1.08. The number of anilines is 1. The second-order valence-electron chi connectivity index (χ2n) is 8.09. The summed E-state index contributed by atoms with van der Waals surface area (Å²) in [7, 11) is -2.23. The molecule has 3 rings (SSSR count). The van der Waals surface area contributed by atoms with Gasteiger partial charge in [0.2, 0.25) is 10.0 Å². The molecular formula is C23H30N2O5S. The summed E-state index contributed by atoms with van der Waals surface area (Å²) >= 11 is 0. The van der Waals surface area contributed by atoms with Crippen LogP contribution < -0.4 is 14.8 Å². The first-order valence-electron chi connectivity index (χ1n) is 10.5. The number of nitrogens with one attached hydrogen (secondary N) is 1. The number of ether oxygens (including phenoxy) is 2. The van der Waals surface area contributed by atoms with E-state index in [1.165, 1.54) is 29.6 Å². The predicted molar refractivity (Wildman–Crippen MR) is 120 cm³/mol. The van der Waals surface area contributed by atoms with Crippen LogP contribution in [-0.4, -0.2) is 44.9 Å². The zero-order chi connectivity index (χ0) is 22.6. The third-order valence-electron chi connectivity index (χ3n) is 5.28. The molecule has 0 unspecified atom stereocenters. The van der Waals surface area contributed by atoms with Gasteiger partial charge >= 0.3 is 0 Å². The molecule has 8 heteroatoms. The molecule has 1 aliphatic heterocycles. The third-order valence-corrected chi connectivity index (χ3v) is 7.17. The molecule has 0 aromatic heterocycles. The minimum atomic E-state index is -3.68. The van der Waals surface area contributed by atoms with Crippen molar-refractivity contribution in [1.82, 2.24) is 4.31 Å². The van der Waals surface area contributed by atoms with E-state index in [0.717, 1.165) is 12.8 Å². The van der Waals surface area contributed by atoms with Crippen molar-refractivity contribution in [1.29, 1.82) is 0 Å². The Morgan fingerprint density at radius 3 is 2.32 bits per heavy atom. The van der Waals surface area contributed by atoms with Gasteiger partial charge in [-0.2, -0.15) is 4.31 Å². The zero-order valence-corrected chi connectivity index (χ0v) is 19.2. The van der Waals surface area contributed by atoms with Gasteiger partial charge in [-0.15, -0.1) is 0 Å². The fourth-order valence-corrected chi connectivity index (χ4v) is 4.98. The van der Waals surface area contributed by atoms with Crippen molar-refractivity contribution in [3.63, 3.8) is 0 Å². The maximum Gasteiger partial charge on any atom is 0.259 e. The summed E-state index contributed by atoms with van der Waals surface area (Å²) in [5, 5.41) is 2.79. The number of hydrogen-bond donors (Lipinski definition) is 1. The van der Waals surface area contributed by atoms with Crippen LogP contribution in [0.4, 0.5) is 5.69 Å².